The summed E-state index contributed by atoms with van der Waals surface area (Å²) in [6, 6.07) is 0.954. The van der Waals surface area contributed by atoms with Gasteiger partial charge in [-0.3, -0.25) is 0 Å². The molecule has 3 atom stereocenters. The molecule has 3 rings (SSSR count). The largest absolute Gasteiger partial charge is 0.400 e. The van der Waals surface area contributed by atoms with E-state index in [1.807, 2.05) is 6.08 Å². The van der Waals surface area contributed by atoms with Crippen LogP contribution in [-0.4, -0.2) is 14.4 Å². The lowest BCUT2D eigenvalue weighted by atomic mass is 9.48. The van der Waals surface area contributed by atoms with Crippen molar-refractivity contribution in [2.75, 3.05) is 0 Å². The summed E-state index contributed by atoms with van der Waals surface area (Å²) in [5, 5.41) is 0. The Morgan fingerprint density at radius 3 is 2.79 bits per heavy atom. The van der Waals surface area contributed by atoms with Crippen molar-refractivity contribution in [1.82, 2.24) is 0 Å². The first kappa shape index (κ1) is 14.6. The lowest BCUT2D eigenvalue weighted by Gasteiger charge is -2.57. The molecule has 0 N–H and O–H groups in total. The third-order valence-electron chi connectivity index (χ3n) is 5.04. The van der Waals surface area contributed by atoms with Gasteiger partial charge in [-0.15, -0.1) is 13.0 Å². The lowest BCUT2D eigenvalue weighted by Crippen LogP contribution is -2.51. The average molecular weight is 274 g/mol. The van der Waals surface area contributed by atoms with E-state index >= 15 is 0 Å². The Kier molecular flexibility index (Phi) is 3.82. The van der Waals surface area contributed by atoms with E-state index in [0.29, 0.717) is 11.3 Å². The van der Waals surface area contributed by atoms with Gasteiger partial charge in [-0.05, 0) is 54.8 Å². The smallest absolute Gasteiger partial charge is 0.192 e. The molecule has 0 aliphatic heterocycles. The van der Waals surface area contributed by atoms with Crippen LogP contribution < -0.4 is 0 Å². The average Bonchev–Trinajstić information content (AvgIpc) is 2.35. The number of hydrogen-bond donors (Lipinski definition) is 0. The van der Waals surface area contributed by atoms with Crippen LogP contribution in [0.5, 0.6) is 0 Å². The molecule has 1 nitrogen and oxygen atoms in total. The monoisotopic (exact) mass is 274 g/mol. The summed E-state index contributed by atoms with van der Waals surface area (Å²) in [5.74, 6) is 4.36. The van der Waals surface area contributed by atoms with Crippen molar-refractivity contribution in [3.63, 3.8) is 0 Å². The van der Waals surface area contributed by atoms with Crippen LogP contribution in [0.3, 0.4) is 0 Å². The van der Waals surface area contributed by atoms with Crippen LogP contribution in [-0.2, 0) is 4.43 Å². The summed E-state index contributed by atoms with van der Waals surface area (Å²) in [4.78, 5) is 0. The molecule has 1 saturated carbocycles. The van der Waals surface area contributed by atoms with Crippen LogP contribution in [0, 0.1) is 29.6 Å². The first-order chi connectivity index (χ1) is 8.81. The number of allylic oxidation sites excluding steroid dienone is 2. The third kappa shape index (κ3) is 2.59. The molecule has 0 radical (unpaired) electrons. The van der Waals surface area contributed by atoms with Crippen molar-refractivity contribution in [3.8, 4) is 12.3 Å². The fraction of sp³-hybridized carbons (Fsp3) is 0.647. The van der Waals surface area contributed by atoms with Gasteiger partial charge in [0.15, 0.2) is 8.32 Å². The summed E-state index contributed by atoms with van der Waals surface area (Å²) >= 11 is 0. The van der Waals surface area contributed by atoms with Gasteiger partial charge < -0.3 is 4.43 Å². The highest BCUT2D eigenvalue weighted by atomic mass is 28.4. The van der Waals surface area contributed by atoms with Crippen molar-refractivity contribution in [2.24, 2.45) is 17.3 Å². The zero-order chi connectivity index (χ0) is 14.3. The minimum atomic E-state index is -1.73. The second-order valence-corrected chi connectivity index (χ2v) is 11.3. The maximum Gasteiger partial charge on any atom is 0.192 e. The molecule has 0 aromatic carbocycles. The number of terminal acetylenes is 1. The standard InChI is InChI=1S/C17H26OSi/c1-7-11-19(5,6)18-16(8-2)14-10-9-13-12-15(14)17(13,3)4/h2,7,10,13,15-16H,1,9,11-12H2,3-6H3. The van der Waals surface area contributed by atoms with Crippen LogP contribution in [0.4, 0.5) is 0 Å². The third-order valence-corrected chi connectivity index (χ3v) is 7.18. The van der Waals surface area contributed by atoms with E-state index in [1.165, 1.54) is 18.4 Å². The molecule has 0 heterocycles. The maximum atomic E-state index is 6.32. The molecule has 2 heteroatoms. The minimum Gasteiger partial charge on any atom is -0.400 e. The van der Waals surface area contributed by atoms with Crippen LogP contribution in [0.2, 0.25) is 19.1 Å². The van der Waals surface area contributed by atoms with Gasteiger partial charge >= 0.3 is 0 Å². The van der Waals surface area contributed by atoms with Crippen LogP contribution >= 0.6 is 0 Å². The van der Waals surface area contributed by atoms with Crippen LogP contribution in [0.1, 0.15) is 26.7 Å². The Morgan fingerprint density at radius 2 is 2.32 bits per heavy atom. The van der Waals surface area contributed by atoms with Gasteiger partial charge in [0.2, 0.25) is 0 Å². The Bertz CT molecular complexity index is 439. The number of rotatable bonds is 5. The van der Waals surface area contributed by atoms with Gasteiger partial charge in [-0.2, -0.15) is 0 Å². The topological polar surface area (TPSA) is 9.23 Å². The van der Waals surface area contributed by atoms with Gasteiger partial charge in [0.25, 0.3) is 0 Å². The zero-order valence-electron chi connectivity index (χ0n) is 12.7. The Labute approximate surface area is 119 Å². The quantitative estimate of drug-likeness (QED) is 0.410. The van der Waals surface area contributed by atoms with Crippen molar-refractivity contribution >= 4 is 8.32 Å². The van der Waals surface area contributed by atoms with Crippen molar-refractivity contribution in [1.29, 1.82) is 0 Å². The van der Waals surface area contributed by atoms with E-state index < -0.39 is 8.32 Å². The SMILES string of the molecule is C#CC(O[Si](C)(C)CC=C)C1=CCC2CC1C2(C)C. The van der Waals surface area contributed by atoms with E-state index in [1.54, 1.807) is 0 Å². The van der Waals surface area contributed by atoms with Gasteiger partial charge in [0.05, 0.1) is 0 Å². The molecule has 0 aromatic heterocycles. The molecule has 0 amide bonds. The molecule has 19 heavy (non-hydrogen) atoms. The summed E-state index contributed by atoms with van der Waals surface area (Å²) < 4.78 is 6.32. The molecule has 104 valence electrons. The molecular weight excluding hydrogens is 248 g/mol. The van der Waals surface area contributed by atoms with E-state index in [9.17, 15) is 0 Å². The highest BCUT2D eigenvalue weighted by Gasteiger charge is 2.52. The van der Waals surface area contributed by atoms with Gasteiger partial charge in [0.1, 0.15) is 6.10 Å². The van der Waals surface area contributed by atoms with Gasteiger partial charge in [-0.25, -0.2) is 0 Å². The Balaban J connectivity index is 2.14. The lowest BCUT2D eigenvalue weighted by molar-refractivity contribution is -0.0157. The minimum absolute atomic E-state index is 0.118. The summed E-state index contributed by atoms with van der Waals surface area (Å²) in [6.07, 6.45) is 12.4. The first-order valence-electron chi connectivity index (χ1n) is 7.26. The maximum absolute atomic E-state index is 6.32. The molecular formula is C17H26OSi. The van der Waals surface area contributed by atoms with Crippen molar-refractivity contribution in [2.45, 2.75) is 51.9 Å². The second kappa shape index (κ2) is 4.96. The zero-order valence-corrected chi connectivity index (χ0v) is 13.7. The fourth-order valence-corrected chi connectivity index (χ4v) is 5.24. The van der Waals surface area contributed by atoms with Gasteiger partial charge in [-0.1, -0.05) is 31.9 Å². The molecule has 3 unspecified atom stereocenters. The summed E-state index contributed by atoms with van der Waals surface area (Å²) in [5.41, 5.74) is 1.78. The Morgan fingerprint density at radius 1 is 1.63 bits per heavy atom. The second-order valence-electron chi connectivity index (χ2n) is 7.16. The highest BCUT2D eigenvalue weighted by molar-refractivity contribution is 6.71. The van der Waals surface area contributed by atoms with Crippen molar-refractivity contribution < 1.29 is 4.43 Å². The molecule has 3 aliphatic rings. The van der Waals surface area contributed by atoms with E-state index in [0.717, 1.165) is 12.0 Å². The van der Waals surface area contributed by atoms with E-state index in [2.05, 4.69) is 45.5 Å². The van der Waals surface area contributed by atoms with Crippen LogP contribution in [0.25, 0.3) is 0 Å². The highest BCUT2D eigenvalue weighted by Crippen LogP contribution is 2.60. The fourth-order valence-electron chi connectivity index (χ4n) is 3.61. The summed E-state index contributed by atoms with van der Waals surface area (Å²) in [6.45, 7) is 13.0. The first-order valence-corrected chi connectivity index (χ1v) is 10.4. The Hall–Kier alpha value is -0.783. The normalized spacial score (nSPS) is 29.7. The molecule has 0 saturated heterocycles. The summed E-state index contributed by atoms with van der Waals surface area (Å²) in [7, 11) is -1.73. The van der Waals surface area contributed by atoms with Crippen LogP contribution in [0.15, 0.2) is 24.3 Å². The van der Waals surface area contributed by atoms with E-state index in [4.69, 9.17) is 10.8 Å². The number of fused-ring (bicyclic) bond motifs is 1. The molecule has 0 aromatic rings. The molecule has 2 bridgehead atoms. The molecule has 3 aliphatic carbocycles. The predicted molar refractivity (Wildman–Crippen MR) is 84.3 cm³/mol. The predicted octanol–water partition coefficient (Wildman–Crippen LogP) is 4.39. The molecule has 1 fully saturated rings. The van der Waals surface area contributed by atoms with Crippen molar-refractivity contribution in [3.05, 3.63) is 24.3 Å². The van der Waals surface area contributed by atoms with Gasteiger partial charge in [0, 0.05) is 0 Å². The number of hydrogen-bond acceptors (Lipinski definition) is 1. The molecule has 0 spiro atoms. The van der Waals surface area contributed by atoms with E-state index in [-0.39, 0.29) is 6.10 Å².